The summed E-state index contributed by atoms with van der Waals surface area (Å²) in [7, 11) is 5.48. The summed E-state index contributed by atoms with van der Waals surface area (Å²) in [5.74, 6) is 6.32. The molecular weight excluding hydrogens is 515 g/mol. The monoisotopic (exact) mass is 547 g/mol. The summed E-state index contributed by atoms with van der Waals surface area (Å²) < 4.78 is 40.9. The molecule has 12 heteroatoms. The van der Waals surface area contributed by atoms with Gasteiger partial charge in [-0.15, -0.1) is 11.8 Å². The summed E-state index contributed by atoms with van der Waals surface area (Å²) in [5.41, 5.74) is 10.2. The van der Waals surface area contributed by atoms with Crippen molar-refractivity contribution in [2.75, 3.05) is 55.2 Å². The fourth-order valence-electron chi connectivity index (χ4n) is 3.57. The SMILES string of the molecule is Cc1ccc(C(=O)Nc2cc(N(C)CCN(C)C)cc(C(F)(F)F)c2)cc1N(N)/C=C(\N)C1=CN=CSC1. The minimum Gasteiger partial charge on any atom is -0.397 e. The van der Waals surface area contributed by atoms with Crippen molar-refractivity contribution < 1.29 is 18.0 Å². The van der Waals surface area contributed by atoms with Gasteiger partial charge >= 0.3 is 6.18 Å². The Morgan fingerprint density at radius 2 is 1.89 bits per heavy atom. The zero-order chi connectivity index (χ0) is 28.0. The summed E-state index contributed by atoms with van der Waals surface area (Å²) in [4.78, 5) is 20.8. The number of nitrogens with one attached hydrogen (secondary N) is 1. The number of amides is 1. The van der Waals surface area contributed by atoms with Gasteiger partial charge in [0, 0.05) is 60.8 Å². The summed E-state index contributed by atoms with van der Waals surface area (Å²) >= 11 is 1.50. The first-order valence-corrected chi connectivity index (χ1v) is 12.7. The number of thioether (sulfide) groups is 1. The van der Waals surface area contributed by atoms with E-state index in [1.165, 1.54) is 22.8 Å². The fourth-order valence-corrected chi connectivity index (χ4v) is 4.21. The molecule has 5 N–H and O–H groups in total. The number of rotatable bonds is 9. The number of nitrogens with zero attached hydrogens (tertiary/aromatic N) is 4. The lowest BCUT2D eigenvalue weighted by atomic mass is 10.1. The van der Waals surface area contributed by atoms with E-state index >= 15 is 0 Å². The first kappa shape index (κ1) is 29.1. The van der Waals surface area contributed by atoms with Crippen LogP contribution in [0.15, 0.2) is 65.1 Å². The smallest absolute Gasteiger partial charge is 0.397 e. The van der Waals surface area contributed by atoms with Gasteiger partial charge in [-0.3, -0.25) is 14.8 Å². The zero-order valence-electron chi connectivity index (χ0n) is 21.7. The van der Waals surface area contributed by atoms with E-state index in [2.05, 4.69) is 10.3 Å². The molecule has 1 amide bonds. The van der Waals surface area contributed by atoms with Crippen molar-refractivity contribution in [3.05, 3.63) is 76.8 Å². The van der Waals surface area contributed by atoms with Crippen LogP contribution in [0.3, 0.4) is 0 Å². The number of carbonyl (C=O) groups excluding carboxylic acids is 1. The van der Waals surface area contributed by atoms with Gasteiger partial charge in [-0.25, -0.2) is 5.84 Å². The highest BCUT2D eigenvalue weighted by atomic mass is 32.2. The number of hydrogen-bond acceptors (Lipinski definition) is 8. The van der Waals surface area contributed by atoms with Gasteiger partial charge in [-0.1, -0.05) is 6.07 Å². The number of benzene rings is 2. The molecule has 2 aromatic rings. The largest absolute Gasteiger partial charge is 0.416 e. The number of allylic oxidation sites excluding steroid dienone is 1. The Hall–Kier alpha value is -3.48. The molecule has 0 spiro atoms. The molecule has 8 nitrogen and oxygen atoms in total. The van der Waals surface area contributed by atoms with Crippen LogP contribution in [0.2, 0.25) is 0 Å². The number of likely N-dealkylation sites (N-methyl/N-ethyl adjacent to an activating group) is 2. The maximum absolute atomic E-state index is 13.6. The van der Waals surface area contributed by atoms with E-state index in [4.69, 9.17) is 11.6 Å². The average Bonchev–Trinajstić information content (AvgIpc) is 2.87. The number of hydrogen-bond donors (Lipinski definition) is 3. The second-order valence-electron chi connectivity index (χ2n) is 9.16. The molecule has 0 fully saturated rings. The number of carbonyl (C=O) groups is 1. The van der Waals surface area contributed by atoms with Gasteiger partial charge in [0.15, 0.2) is 0 Å². The highest BCUT2D eigenvalue weighted by Crippen LogP contribution is 2.34. The molecule has 0 atom stereocenters. The lowest BCUT2D eigenvalue weighted by Crippen LogP contribution is -2.29. The molecule has 1 aliphatic rings. The van der Waals surface area contributed by atoms with E-state index < -0.39 is 17.6 Å². The van der Waals surface area contributed by atoms with Crippen molar-refractivity contribution in [2.45, 2.75) is 13.1 Å². The van der Waals surface area contributed by atoms with Crippen LogP contribution in [-0.4, -0.2) is 56.3 Å². The molecule has 1 aliphatic heterocycles. The molecule has 0 unspecified atom stereocenters. The van der Waals surface area contributed by atoms with Gasteiger partial charge in [-0.2, -0.15) is 13.2 Å². The third-order valence-corrected chi connectivity index (χ3v) is 6.58. The van der Waals surface area contributed by atoms with Gasteiger partial charge in [0.25, 0.3) is 5.91 Å². The van der Waals surface area contributed by atoms with Crippen LogP contribution in [0.25, 0.3) is 0 Å². The first-order valence-electron chi connectivity index (χ1n) is 11.7. The summed E-state index contributed by atoms with van der Waals surface area (Å²) in [6.07, 6.45) is -1.37. The maximum atomic E-state index is 13.6. The minimum atomic E-state index is -4.57. The lowest BCUT2D eigenvalue weighted by molar-refractivity contribution is -0.137. The van der Waals surface area contributed by atoms with E-state index in [9.17, 15) is 18.0 Å². The standard InChI is InChI=1S/C26H32F3N7OS/c1-17-5-6-18(9-24(17)36(31)14-23(30)19-13-32-16-38-15-19)25(37)33-21-10-20(26(27,28)29)11-22(12-21)35(4)8-7-34(2)3/h5-6,9-14,16H,7-8,15,30-31H2,1-4H3,(H,33,37)/b23-14-. The number of halogens is 3. The van der Waals surface area contributed by atoms with Gasteiger partial charge in [0.1, 0.15) is 0 Å². The van der Waals surface area contributed by atoms with Crippen LogP contribution in [0.1, 0.15) is 21.5 Å². The zero-order valence-corrected chi connectivity index (χ0v) is 22.5. The fraction of sp³-hybridized carbons (Fsp3) is 0.308. The highest BCUT2D eigenvalue weighted by molar-refractivity contribution is 8.12. The average molecular weight is 548 g/mol. The van der Waals surface area contributed by atoms with Crippen molar-refractivity contribution in [1.29, 1.82) is 0 Å². The molecule has 3 rings (SSSR count). The van der Waals surface area contributed by atoms with Crippen molar-refractivity contribution >= 4 is 40.3 Å². The van der Waals surface area contributed by atoms with Gasteiger partial charge in [0.05, 0.1) is 22.5 Å². The molecule has 0 aliphatic carbocycles. The molecule has 38 heavy (non-hydrogen) atoms. The van der Waals surface area contributed by atoms with Crippen LogP contribution >= 0.6 is 11.8 Å². The number of aliphatic imine (C=N–C) groups is 1. The van der Waals surface area contributed by atoms with Gasteiger partial charge < -0.3 is 20.9 Å². The predicted octanol–water partition coefficient (Wildman–Crippen LogP) is 4.40. The Bertz CT molecular complexity index is 1260. The van der Waals surface area contributed by atoms with Crippen molar-refractivity contribution in [3.8, 4) is 0 Å². The number of nitrogens with two attached hydrogens (primary N) is 2. The number of anilines is 3. The van der Waals surface area contributed by atoms with Gasteiger partial charge in [-0.05, 0) is 56.9 Å². The number of hydrazine groups is 1. The quantitative estimate of drug-likeness (QED) is 0.316. The molecule has 0 saturated heterocycles. The van der Waals surface area contributed by atoms with E-state index in [0.29, 0.717) is 35.9 Å². The summed E-state index contributed by atoms with van der Waals surface area (Å²) in [5, 5.41) is 3.92. The van der Waals surface area contributed by atoms with Crippen molar-refractivity contribution in [3.63, 3.8) is 0 Å². The van der Waals surface area contributed by atoms with E-state index in [1.807, 2.05) is 25.9 Å². The molecule has 0 saturated carbocycles. The Kier molecular flexibility index (Phi) is 9.47. The van der Waals surface area contributed by atoms with Crippen LogP contribution in [0, 0.1) is 6.92 Å². The van der Waals surface area contributed by atoms with E-state index in [-0.39, 0.29) is 11.3 Å². The normalized spacial score (nSPS) is 13.9. The number of aryl methyl sites for hydroxylation is 1. The van der Waals surface area contributed by atoms with Crippen LogP contribution in [-0.2, 0) is 6.18 Å². The Balaban J connectivity index is 1.86. The second-order valence-corrected chi connectivity index (χ2v) is 9.99. The molecule has 204 valence electrons. The molecule has 0 radical (unpaired) electrons. The van der Waals surface area contributed by atoms with Gasteiger partial charge in [0.2, 0.25) is 0 Å². The Labute approximate surface area is 224 Å². The predicted molar refractivity (Wildman–Crippen MR) is 150 cm³/mol. The maximum Gasteiger partial charge on any atom is 0.416 e. The van der Waals surface area contributed by atoms with Crippen LogP contribution in [0.5, 0.6) is 0 Å². The van der Waals surface area contributed by atoms with Crippen molar-refractivity contribution in [2.24, 2.45) is 16.6 Å². The Morgan fingerprint density at radius 3 is 2.53 bits per heavy atom. The van der Waals surface area contributed by atoms with E-state index in [0.717, 1.165) is 23.3 Å². The molecule has 2 aromatic carbocycles. The lowest BCUT2D eigenvalue weighted by Gasteiger charge is -2.23. The number of alkyl halides is 3. The molecule has 0 bridgehead atoms. The third kappa shape index (κ3) is 7.76. The minimum absolute atomic E-state index is 0.0367. The summed E-state index contributed by atoms with van der Waals surface area (Å²) in [6, 6.07) is 8.38. The van der Waals surface area contributed by atoms with Crippen LogP contribution in [0.4, 0.5) is 30.2 Å². The third-order valence-electron chi connectivity index (χ3n) is 5.83. The molecular formula is C26H32F3N7OS. The van der Waals surface area contributed by atoms with Crippen molar-refractivity contribution in [1.82, 2.24) is 4.90 Å². The van der Waals surface area contributed by atoms with E-state index in [1.54, 1.807) is 48.1 Å². The summed E-state index contributed by atoms with van der Waals surface area (Å²) in [6.45, 7) is 2.98. The first-order chi connectivity index (χ1) is 17.8. The molecule has 0 aromatic heterocycles. The second kappa shape index (κ2) is 12.4. The van der Waals surface area contributed by atoms with Crippen LogP contribution < -0.4 is 26.8 Å². The highest BCUT2D eigenvalue weighted by Gasteiger charge is 2.32. The Morgan fingerprint density at radius 1 is 1.16 bits per heavy atom. The topological polar surface area (TPSA) is 103 Å². The molecule has 1 heterocycles.